The van der Waals surface area contributed by atoms with Crippen LogP contribution in [-0.2, 0) is 0 Å². The summed E-state index contributed by atoms with van der Waals surface area (Å²) in [4.78, 5) is 0. The van der Waals surface area contributed by atoms with Gasteiger partial charge < -0.3 is 16.2 Å². The second-order valence-electron chi connectivity index (χ2n) is 3.16. The third-order valence-electron chi connectivity index (χ3n) is 2.25. The maximum Gasteiger partial charge on any atom is 0.121 e. The van der Waals surface area contributed by atoms with Crippen molar-refractivity contribution >= 4 is 22.1 Å². The molecule has 0 unspecified atom stereocenters. The SMILES string of the molecule is COc1cc(N)c2c(N)cccc2c1. The van der Waals surface area contributed by atoms with Gasteiger partial charge in [0.1, 0.15) is 5.75 Å². The first kappa shape index (κ1) is 8.69. The molecule has 0 aliphatic carbocycles. The lowest BCUT2D eigenvalue weighted by Crippen LogP contribution is -1.94. The highest BCUT2D eigenvalue weighted by Gasteiger charge is 2.03. The van der Waals surface area contributed by atoms with Gasteiger partial charge in [0.05, 0.1) is 7.11 Å². The van der Waals surface area contributed by atoms with Gasteiger partial charge in [-0.25, -0.2) is 0 Å². The molecule has 0 saturated carbocycles. The molecule has 0 radical (unpaired) electrons. The Labute approximate surface area is 82.3 Å². The second-order valence-corrected chi connectivity index (χ2v) is 3.16. The number of methoxy groups -OCH3 is 1. The van der Waals surface area contributed by atoms with Crippen LogP contribution >= 0.6 is 0 Å². The van der Waals surface area contributed by atoms with Gasteiger partial charge in [-0.3, -0.25) is 0 Å². The number of nitrogens with two attached hydrogens (primary N) is 2. The molecule has 0 bridgehead atoms. The average Bonchev–Trinajstić information content (AvgIpc) is 2.17. The van der Waals surface area contributed by atoms with Crippen molar-refractivity contribution in [2.45, 2.75) is 0 Å². The summed E-state index contributed by atoms with van der Waals surface area (Å²) in [7, 11) is 1.62. The zero-order valence-electron chi connectivity index (χ0n) is 7.95. The van der Waals surface area contributed by atoms with Crippen LogP contribution in [-0.4, -0.2) is 7.11 Å². The van der Waals surface area contributed by atoms with Crippen molar-refractivity contribution in [3.05, 3.63) is 30.3 Å². The molecule has 0 atom stereocenters. The first-order chi connectivity index (χ1) is 6.72. The van der Waals surface area contributed by atoms with Gasteiger partial charge in [-0.2, -0.15) is 0 Å². The van der Waals surface area contributed by atoms with Crippen LogP contribution in [0.15, 0.2) is 30.3 Å². The van der Waals surface area contributed by atoms with Gasteiger partial charge in [0.2, 0.25) is 0 Å². The minimum Gasteiger partial charge on any atom is -0.497 e. The molecular weight excluding hydrogens is 176 g/mol. The molecule has 4 N–H and O–H groups in total. The third-order valence-corrected chi connectivity index (χ3v) is 2.25. The van der Waals surface area contributed by atoms with E-state index in [-0.39, 0.29) is 0 Å². The van der Waals surface area contributed by atoms with E-state index in [9.17, 15) is 0 Å². The minimum absolute atomic E-state index is 0.650. The molecule has 3 nitrogen and oxygen atoms in total. The molecular formula is C11H12N2O. The number of benzene rings is 2. The number of fused-ring (bicyclic) bond motifs is 1. The standard InChI is InChI=1S/C11H12N2O/c1-14-8-5-7-3-2-4-9(12)11(7)10(13)6-8/h2-6H,12-13H2,1H3. The maximum absolute atomic E-state index is 5.87. The van der Waals surface area contributed by atoms with Gasteiger partial charge in [0.25, 0.3) is 0 Å². The van der Waals surface area contributed by atoms with E-state index < -0.39 is 0 Å². The predicted octanol–water partition coefficient (Wildman–Crippen LogP) is 2.01. The average molecular weight is 188 g/mol. The van der Waals surface area contributed by atoms with Crippen LogP contribution in [0.1, 0.15) is 0 Å². The molecule has 2 rings (SSSR count). The molecule has 3 heteroatoms. The van der Waals surface area contributed by atoms with Crippen LogP contribution < -0.4 is 16.2 Å². The van der Waals surface area contributed by atoms with E-state index in [1.54, 1.807) is 13.2 Å². The van der Waals surface area contributed by atoms with Crippen molar-refractivity contribution in [2.75, 3.05) is 18.6 Å². The number of nitrogen functional groups attached to an aromatic ring is 2. The van der Waals surface area contributed by atoms with Crippen LogP contribution in [0.25, 0.3) is 10.8 Å². The molecule has 2 aromatic carbocycles. The predicted molar refractivity (Wildman–Crippen MR) is 59.3 cm³/mol. The van der Waals surface area contributed by atoms with Crippen molar-refractivity contribution in [3.63, 3.8) is 0 Å². The lowest BCUT2D eigenvalue weighted by atomic mass is 10.1. The lowest BCUT2D eigenvalue weighted by Gasteiger charge is -2.07. The Balaban J connectivity index is 2.83. The Morgan fingerprint density at radius 1 is 1.07 bits per heavy atom. The van der Waals surface area contributed by atoms with Crippen LogP contribution in [0.2, 0.25) is 0 Å². The molecule has 0 aromatic heterocycles. The number of rotatable bonds is 1. The van der Waals surface area contributed by atoms with Gasteiger partial charge in [0.15, 0.2) is 0 Å². The molecule has 72 valence electrons. The lowest BCUT2D eigenvalue weighted by molar-refractivity contribution is 0.415. The molecule has 0 amide bonds. The highest BCUT2D eigenvalue weighted by Crippen LogP contribution is 2.30. The molecule has 0 heterocycles. The van der Waals surface area contributed by atoms with Crippen molar-refractivity contribution in [1.82, 2.24) is 0 Å². The number of hydrogen-bond donors (Lipinski definition) is 2. The summed E-state index contributed by atoms with van der Waals surface area (Å²) in [6, 6.07) is 9.40. The zero-order valence-corrected chi connectivity index (χ0v) is 7.95. The molecule has 0 aliphatic heterocycles. The largest absolute Gasteiger partial charge is 0.497 e. The van der Waals surface area contributed by atoms with E-state index in [2.05, 4.69) is 0 Å². The van der Waals surface area contributed by atoms with Crippen molar-refractivity contribution in [1.29, 1.82) is 0 Å². The second kappa shape index (κ2) is 3.10. The Hall–Kier alpha value is -1.90. The third kappa shape index (κ3) is 1.23. The Kier molecular flexibility index (Phi) is 1.93. The monoisotopic (exact) mass is 188 g/mol. The van der Waals surface area contributed by atoms with E-state index in [0.29, 0.717) is 11.4 Å². The van der Waals surface area contributed by atoms with E-state index in [1.165, 1.54) is 0 Å². The van der Waals surface area contributed by atoms with Crippen molar-refractivity contribution < 1.29 is 4.74 Å². The van der Waals surface area contributed by atoms with Crippen LogP contribution in [0.5, 0.6) is 5.75 Å². The summed E-state index contributed by atoms with van der Waals surface area (Å²) >= 11 is 0. The fraction of sp³-hybridized carbons (Fsp3) is 0.0909. The highest BCUT2D eigenvalue weighted by atomic mass is 16.5. The van der Waals surface area contributed by atoms with Crippen LogP contribution in [0, 0.1) is 0 Å². The summed E-state index contributed by atoms with van der Waals surface area (Å²) in [5.74, 6) is 0.751. The minimum atomic E-state index is 0.650. The summed E-state index contributed by atoms with van der Waals surface area (Å²) < 4.78 is 5.12. The Morgan fingerprint density at radius 2 is 1.86 bits per heavy atom. The fourth-order valence-corrected chi connectivity index (χ4v) is 1.58. The summed E-state index contributed by atoms with van der Waals surface area (Å²) in [6.45, 7) is 0. The summed E-state index contributed by atoms with van der Waals surface area (Å²) in [6.07, 6.45) is 0. The van der Waals surface area contributed by atoms with Gasteiger partial charge in [-0.1, -0.05) is 12.1 Å². The van der Waals surface area contributed by atoms with E-state index in [0.717, 1.165) is 16.5 Å². The zero-order chi connectivity index (χ0) is 10.1. The maximum atomic E-state index is 5.87. The van der Waals surface area contributed by atoms with Gasteiger partial charge in [-0.15, -0.1) is 0 Å². The van der Waals surface area contributed by atoms with Crippen LogP contribution in [0.3, 0.4) is 0 Å². The van der Waals surface area contributed by atoms with Crippen LogP contribution in [0.4, 0.5) is 11.4 Å². The first-order valence-corrected chi connectivity index (χ1v) is 4.34. The van der Waals surface area contributed by atoms with Crippen molar-refractivity contribution in [2.24, 2.45) is 0 Å². The molecule has 14 heavy (non-hydrogen) atoms. The van der Waals surface area contributed by atoms with Gasteiger partial charge in [0, 0.05) is 22.8 Å². The molecule has 0 fully saturated rings. The van der Waals surface area contributed by atoms with E-state index >= 15 is 0 Å². The molecule has 2 aromatic rings. The number of hydrogen-bond acceptors (Lipinski definition) is 3. The smallest absolute Gasteiger partial charge is 0.121 e. The molecule has 0 saturated heterocycles. The summed E-state index contributed by atoms with van der Waals surface area (Å²) in [5, 5.41) is 1.90. The highest BCUT2D eigenvalue weighted by molar-refractivity contribution is 6.02. The quantitative estimate of drug-likeness (QED) is 0.673. The van der Waals surface area contributed by atoms with Gasteiger partial charge >= 0.3 is 0 Å². The fourth-order valence-electron chi connectivity index (χ4n) is 1.58. The normalized spacial score (nSPS) is 10.4. The summed E-state index contributed by atoms with van der Waals surface area (Å²) in [5.41, 5.74) is 13.0. The number of anilines is 2. The molecule has 0 aliphatic rings. The number of ether oxygens (including phenoxy) is 1. The molecule has 0 spiro atoms. The Bertz CT molecular complexity index is 480. The van der Waals surface area contributed by atoms with E-state index in [1.807, 2.05) is 24.3 Å². The van der Waals surface area contributed by atoms with E-state index in [4.69, 9.17) is 16.2 Å². The first-order valence-electron chi connectivity index (χ1n) is 4.34. The Morgan fingerprint density at radius 3 is 2.57 bits per heavy atom. The van der Waals surface area contributed by atoms with Crippen molar-refractivity contribution in [3.8, 4) is 5.75 Å². The topological polar surface area (TPSA) is 61.3 Å². The van der Waals surface area contributed by atoms with Gasteiger partial charge in [-0.05, 0) is 17.5 Å².